The van der Waals surface area contributed by atoms with Gasteiger partial charge in [0, 0.05) is 41.5 Å². The van der Waals surface area contributed by atoms with E-state index in [0.29, 0.717) is 29.8 Å². The summed E-state index contributed by atoms with van der Waals surface area (Å²) in [7, 11) is -3.22. The van der Waals surface area contributed by atoms with Crippen molar-refractivity contribution in [1.29, 1.82) is 0 Å². The number of carbonyl (C=O) groups excluding carboxylic acids is 2. The van der Waals surface area contributed by atoms with Crippen molar-refractivity contribution in [2.24, 2.45) is 5.41 Å². The molecule has 1 heterocycles. The second-order valence-corrected chi connectivity index (χ2v) is 12.4. The monoisotopic (exact) mass is 607 g/mol. The van der Waals surface area contributed by atoms with Gasteiger partial charge in [0.1, 0.15) is 28.6 Å². The molecule has 5 rings (SSSR count). The van der Waals surface area contributed by atoms with Crippen molar-refractivity contribution in [1.82, 2.24) is 4.98 Å². The number of ether oxygens (including phenoxy) is 1. The quantitative estimate of drug-likeness (QED) is 0.175. The van der Waals surface area contributed by atoms with Gasteiger partial charge in [-0.15, -0.1) is 0 Å². The first kappa shape index (κ1) is 29.5. The van der Waals surface area contributed by atoms with E-state index in [1.54, 1.807) is 24.3 Å². The van der Waals surface area contributed by atoms with Gasteiger partial charge in [-0.3, -0.25) is 9.59 Å². The second-order valence-electron chi connectivity index (χ2n) is 10.3. The van der Waals surface area contributed by atoms with Crippen molar-refractivity contribution in [3.05, 3.63) is 96.1 Å². The van der Waals surface area contributed by atoms with Crippen molar-refractivity contribution in [3.63, 3.8) is 0 Å². The van der Waals surface area contributed by atoms with Gasteiger partial charge in [0.2, 0.25) is 11.8 Å². The number of rotatable bonds is 10. The zero-order valence-electron chi connectivity index (χ0n) is 22.9. The van der Waals surface area contributed by atoms with Crippen molar-refractivity contribution in [2.45, 2.75) is 18.6 Å². The first-order valence-electron chi connectivity index (χ1n) is 13.1. The van der Waals surface area contributed by atoms with Crippen LogP contribution in [0.15, 0.2) is 78.9 Å². The van der Waals surface area contributed by atoms with E-state index in [0.717, 1.165) is 12.3 Å². The molecule has 4 aromatic rings. The fraction of sp³-hybridized carbons (Fsp3) is 0.167. The molecule has 0 spiro atoms. The van der Waals surface area contributed by atoms with E-state index >= 15 is 4.39 Å². The molecule has 3 aromatic carbocycles. The van der Waals surface area contributed by atoms with Gasteiger partial charge in [-0.2, -0.15) is 0 Å². The molecular formula is C30H27F2N5O5S. The summed E-state index contributed by atoms with van der Waals surface area (Å²) < 4.78 is 57.1. The van der Waals surface area contributed by atoms with E-state index in [4.69, 9.17) is 10.5 Å². The van der Waals surface area contributed by atoms with Gasteiger partial charge >= 0.3 is 0 Å². The van der Waals surface area contributed by atoms with Gasteiger partial charge in [0.05, 0.1) is 5.75 Å². The lowest BCUT2D eigenvalue weighted by Crippen LogP contribution is -2.35. The minimum Gasteiger partial charge on any atom is -0.454 e. The molecule has 1 aromatic heterocycles. The number of carbonyl (C=O) groups is 2. The summed E-state index contributed by atoms with van der Waals surface area (Å²) >= 11 is 0. The Morgan fingerprint density at radius 2 is 1.58 bits per heavy atom. The third-order valence-electron chi connectivity index (χ3n) is 6.59. The molecule has 10 nitrogen and oxygen atoms in total. The standard InChI is InChI=1S/C30H27F2N5O5S/c1-43(40,41)17-18-3-2-4-21(13-18)34-27-16-23(15-26(33)37-27)42-25-10-9-22(14-24(25)32)36-29(39)30(11-12-30)28(38)35-20-7-5-19(31)6-8-20/h2-10,13-16H,11-12,17H2,1H3,(H,35,38)(H,36,39)(H3,33,34,37). The average Bonchev–Trinajstić information content (AvgIpc) is 3.73. The number of halogens is 2. The number of nitrogen functional groups attached to an aromatic ring is 1. The Hall–Kier alpha value is -5.04. The number of anilines is 5. The minimum atomic E-state index is -3.22. The number of sulfone groups is 1. The number of benzene rings is 3. The number of nitrogens with two attached hydrogens (primary N) is 1. The van der Waals surface area contributed by atoms with Crippen LogP contribution in [0.1, 0.15) is 18.4 Å². The number of aromatic nitrogens is 1. The smallest absolute Gasteiger partial charge is 0.240 e. The summed E-state index contributed by atoms with van der Waals surface area (Å²) in [5.74, 6) is -2.08. The van der Waals surface area contributed by atoms with Crippen LogP contribution >= 0.6 is 0 Å². The minimum absolute atomic E-state index is 0.0882. The molecule has 1 aliphatic rings. The van der Waals surface area contributed by atoms with E-state index in [9.17, 15) is 22.4 Å². The zero-order chi connectivity index (χ0) is 30.8. The number of pyridine rings is 1. The molecular weight excluding hydrogens is 580 g/mol. The summed E-state index contributed by atoms with van der Waals surface area (Å²) in [6.45, 7) is 0. The Morgan fingerprint density at radius 3 is 2.23 bits per heavy atom. The molecule has 5 N–H and O–H groups in total. The molecule has 0 atom stereocenters. The average molecular weight is 608 g/mol. The second kappa shape index (κ2) is 11.7. The predicted octanol–water partition coefficient (Wildman–Crippen LogP) is 5.38. The van der Waals surface area contributed by atoms with Crippen LogP contribution in [-0.2, 0) is 25.2 Å². The Bertz CT molecular complexity index is 1810. The highest BCUT2D eigenvalue weighted by Crippen LogP contribution is 2.47. The normalized spacial score (nSPS) is 13.6. The van der Waals surface area contributed by atoms with Crippen LogP contribution < -0.4 is 26.4 Å². The molecule has 0 saturated heterocycles. The molecule has 43 heavy (non-hydrogen) atoms. The highest BCUT2D eigenvalue weighted by atomic mass is 32.2. The molecule has 0 aliphatic heterocycles. The van der Waals surface area contributed by atoms with E-state index in [2.05, 4.69) is 20.9 Å². The first-order chi connectivity index (χ1) is 20.4. The molecule has 0 radical (unpaired) electrons. The number of hydrogen-bond donors (Lipinski definition) is 4. The van der Waals surface area contributed by atoms with Crippen LogP contribution in [0, 0.1) is 17.0 Å². The van der Waals surface area contributed by atoms with Crippen LogP contribution in [-0.4, -0.2) is 31.5 Å². The lowest BCUT2D eigenvalue weighted by molar-refractivity contribution is -0.131. The molecule has 13 heteroatoms. The van der Waals surface area contributed by atoms with E-state index in [1.807, 2.05) is 0 Å². The SMILES string of the molecule is CS(=O)(=O)Cc1cccc(Nc2cc(Oc3ccc(NC(=O)C4(C(=O)Nc5ccc(F)cc5)CC4)cc3F)cc(N)n2)c1. The maximum absolute atomic E-state index is 15.0. The fourth-order valence-corrected chi connectivity index (χ4v) is 5.13. The van der Waals surface area contributed by atoms with Crippen molar-refractivity contribution in [2.75, 3.05) is 27.9 Å². The van der Waals surface area contributed by atoms with Crippen LogP contribution in [0.3, 0.4) is 0 Å². The van der Waals surface area contributed by atoms with Crippen molar-refractivity contribution in [3.8, 4) is 11.5 Å². The van der Waals surface area contributed by atoms with Gasteiger partial charge in [0.25, 0.3) is 0 Å². The molecule has 1 aliphatic carbocycles. The van der Waals surface area contributed by atoms with E-state index in [-0.39, 0.29) is 34.6 Å². The highest BCUT2D eigenvalue weighted by molar-refractivity contribution is 7.89. The van der Waals surface area contributed by atoms with Gasteiger partial charge < -0.3 is 26.4 Å². The van der Waals surface area contributed by atoms with Gasteiger partial charge in [0.15, 0.2) is 21.4 Å². The molecule has 1 saturated carbocycles. The lowest BCUT2D eigenvalue weighted by Gasteiger charge is -2.16. The van der Waals surface area contributed by atoms with Crippen LogP contribution in [0.25, 0.3) is 0 Å². The molecule has 2 amide bonds. The summed E-state index contributed by atoms with van der Waals surface area (Å²) in [6, 6.07) is 18.7. The zero-order valence-corrected chi connectivity index (χ0v) is 23.7. The summed E-state index contributed by atoms with van der Waals surface area (Å²) in [5.41, 5.74) is 6.25. The Morgan fingerprint density at radius 1 is 0.907 bits per heavy atom. The lowest BCUT2D eigenvalue weighted by atomic mass is 10.0. The fourth-order valence-electron chi connectivity index (χ4n) is 4.34. The maximum atomic E-state index is 15.0. The number of nitrogens with one attached hydrogen (secondary N) is 3. The van der Waals surface area contributed by atoms with Gasteiger partial charge in [-0.05, 0) is 66.9 Å². The summed E-state index contributed by atoms with van der Waals surface area (Å²) in [6.07, 6.45) is 1.78. The number of amides is 2. The van der Waals surface area contributed by atoms with Crippen LogP contribution in [0.4, 0.5) is 37.5 Å². The van der Waals surface area contributed by atoms with E-state index < -0.39 is 38.7 Å². The first-order valence-corrected chi connectivity index (χ1v) is 15.1. The Kier molecular flexibility index (Phi) is 8.00. The van der Waals surface area contributed by atoms with Gasteiger partial charge in [-0.1, -0.05) is 12.1 Å². The summed E-state index contributed by atoms with van der Waals surface area (Å²) in [5, 5.41) is 8.23. The largest absolute Gasteiger partial charge is 0.454 e. The van der Waals surface area contributed by atoms with E-state index in [1.165, 1.54) is 48.5 Å². The Balaban J connectivity index is 1.24. The maximum Gasteiger partial charge on any atom is 0.240 e. The molecule has 222 valence electrons. The Labute approximate surface area is 246 Å². The summed E-state index contributed by atoms with van der Waals surface area (Å²) in [4.78, 5) is 29.9. The van der Waals surface area contributed by atoms with Crippen molar-refractivity contribution >= 4 is 50.3 Å². The molecule has 0 unspecified atom stereocenters. The third-order valence-corrected chi connectivity index (χ3v) is 7.44. The topological polar surface area (TPSA) is 153 Å². The predicted molar refractivity (Wildman–Crippen MR) is 159 cm³/mol. The third kappa shape index (κ3) is 7.43. The highest BCUT2D eigenvalue weighted by Gasteiger charge is 2.56. The molecule has 0 bridgehead atoms. The van der Waals surface area contributed by atoms with Gasteiger partial charge in [-0.25, -0.2) is 22.2 Å². The number of nitrogens with zero attached hydrogens (tertiary/aromatic N) is 1. The van der Waals surface area contributed by atoms with Crippen LogP contribution in [0.2, 0.25) is 0 Å². The van der Waals surface area contributed by atoms with Crippen molar-refractivity contribution < 1.29 is 31.5 Å². The molecule has 1 fully saturated rings. The van der Waals surface area contributed by atoms with Crippen LogP contribution in [0.5, 0.6) is 11.5 Å². The number of hydrogen-bond acceptors (Lipinski definition) is 8.